The number of benzene rings is 4. The molecule has 1 atom stereocenters. The molecule has 0 aliphatic carbocycles. The van der Waals surface area contributed by atoms with Crippen LogP contribution in [0.4, 0.5) is 11.4 Å². The van der Waals surface area contributed by atoms with E-state index < -0.39 is 0 Å². The number of hydrogen-bond acceptors (Lipinski definition) is 4. The zero-order valence-corrected chi connectivity index (χ0v) is 20.1. The molecule has 0 aromatic heterocycles. The predicted octanol–water partition coefficient (Wildman–Crippen LogP) is 7.80. The molecule has 1 heterocycles. The van der Waals surface area contributed by atoms with E-state index in [2.05, 4.69) is 48.2 Å². The van der Waals surface area contributed by atoms with Gasteiger partial charge in [0.2, 0.25) is 0 Å². The second-order valence-corrected chi connectivity index (χ2v) is 8.73. The Morgan fingerprint density at radius 1 is 0.714 bits per heavy atom. The van der Waals surface area contributed by atoms with Crippen molar-refractivity contribution in [3.8, 4) is 23.0 Å². The average molecular weight is 466 g/mol. The minimum absolute atomic E-state index is 0.163. The summed E-state index contributed by atoms with van der Waals surface area (Å²) in [5.41, 5.74) is 3.37. The SMILES string of the molecule is CCCC(Cc1ccc(OCCN2c3ccccc3Oc3ccccc32)cc1)Oc1ccccc1. The summed E-state index contributed by atoms with van der Waals surface area (Å²) >= 11 is 0. The van der Waals surface area contributed by atoms with Gasteiger partial charge in [-0.15, -0.1) is 0 Å². The van der Waals surface area contributed by atoms with Crippen LogP contribution in [0.3, 0.4) is 0 Å². The highest BCUT2D eigenvalue weighted by Crippen LogP contribution is 2.45. The standard InChI is InChI=1S/C31H31NO3/c1-2-10-27(34-26-11-4-3-5-12-26)23-24-17-19-25(20-18-24)33-22-21-32-28-13-6-8-15-30(28)35-31-16-9-7-14-29(31)32/h3-9,11-20,27H,2,10,21-23H2,1H3. The highest BCUT2D eigenvalue weighted by atomic mass is 16.5. The van der Waals surface area contributed by atoms with Crippen molar-refractivity contribution < 1.29 is 14.2 Å². The van der Waals surface area contributed by atoms with Gasteiger partial charge in [-0.25, -0.2) is 0 Å². The summed E-state index contributed by atoms with van der Waals surface area (Å²) in [6.45, 7) is 3.49. The van der Waals surface area contributed by atoms with Crippen LogP contribution < -0.4 is 19.1 Å². The summed E-state index contributed by atoms with van der Waals surface area (Å²) in [6, 6.07) is 34.7. The Bertz CT molecular complexity index is 1180. The second-order valence-electron chi connectivity index (χ2n) is 8.73. The van der Waals surface area contributed by atoms with Crippen molar-refractivity contribution in [1.29, 1.82) is 0 Å². The topological polar surface area (TPSA) is 30.9 Å². The number of ether oxygens (including phenoxy) is 3. The van der Waals surface area contributed by atoms with Gasteiger partial charge in [-0.2, -0.15) is 0 Å². The first kappa shape index (κ1) is 22.9. The van der Waals surface area contributed by atoms with Gasteiger partial charge in [-0.3, -0.25) is 0 Å². The van der Waals surface area contributed by atoms with Crippen molar-refractivity contribution in [2.24, 2.45) is 0 Å². The third-order valence-electron chi connectivity index (χ3n) is 6.16. The van der Waals surface area contributed by atoms with Crippen molar-refractivity contribution in [3.05, 3.63) is 109 Å². The molecule has 0 amide bonds. The molecule has 0 fully saturated rings. The van der Waals surface area contributed by atoms with Crippen LogP contribution in [0, 0.1) is 0 Å². The van der Waals surface area contributed by atoms with Crippen molar-refractivity contribution in [2.45, 2.75) is 32.3 Å². The first-order chi connectivity index (χ1) is 17.3. The van der Waals surface area contributed by atoms with Crippen LogP contribution in [0.5, 0.6) is 23.0 Å². The van der Waals surface area contributed by atoms with Crippen LogP contribution in [-0.2, 0) is 6.42 Å². The lowest BCUT2D eigenvalue weighted by Crippen LogP contribution is -2.26. The van der Waals surface area contributed by atoms with E-state index in [0.717, 1.165) is 60.2 Å². The number of fused-ring (bicyclic) bond motifs is 2. The minimum Gasteiger partial charge on any atom is -0.492 e. The largest absolute Gasteiger partial charge is 0.492 e. The zero-order valence-electron chi connectivity index (χ0n) is 20.1. The van der Waals surface area contributed by atoms with Gasteiger partial charge < -0.3 is 19.1 Å². The average Bonchev–Trinajstić information content (AvgIpc) is 2.90. The smallest absolute Gasteiger partial charge is 0.151 e. The zero-order chi connectivity index (χ0) is 23.9. The molecule has 0 bridgehead atoms. The molecule has 178 valence electrons. The molecule has 4 aromatic rings. The normalized spacial score (nSPS) is 12.8. The molecule has 0 radical (unpaired) electrons. The molecule has 0 spiro atoms. The lowest BCUT2D eigenvalue weighted by molar-refractivity contribution is 0.190. The number of rotatable bonds is 10. The molecule has 1 aliphatic heterocycles. The molecule has 4 aromatic carbocycles. The Morgan fingerprint density at radius 3 is 2.00 bits per heavy atom. The van der Waals surface area contributed by atoms with Crippen LogP contribution in [0.25, 0.3) is 0 Å². The highest BCUT2D eigenvalue weighted by molar-refractivity contribution is 5.77. The second kappa shape index (κ2) is 11.0. The molecule has 1 unspecified atom stereocenters. The van der Waals surface area contributed by atoms with E-state index in [-0.39, 0.29) is 6.10 Å². The summed E-state index contributed by atoms with van der Waals surface area (Å²) in [7, 11) is 0. The maximum atomic E-state index is 6.23. The summed E-state index contributed by atoms with van der Waals surface area (Å²) in [4.78, 5) is 2.26. The number of hydrogen-bond donors (Lipinski definition) is 0. The first-order valence-electron chi connectivity index (χ1n) is 12.4. The van der Waals surface area contributed by atoms with Gasteiger partial charge >= 0.3 is 0 Å². The fraction of sp³-hybridized carbons (Fsp3) is 0.226. The van der Waals surface area contributed by atoms with E-state index in [1.54, 1.807) is 0 Å². The van der Waals surface area contributed by atoms with Gasteiger partial charge in [0.1, 0.15) is 24.2 Å². The summed E-state index contributed by atoms with van der Waals surface area (Å²) in [5.74, 6) is 3.54. The predicted molar refractivity (Wildman–Crippen MR) is 141 cm³/mol. The molecule has 1 aliphatic rings. The van der Waals surface area contributed by atoms with E-state index in [4.69, 9.17) is 14.2 Å². The molecule has 35 heavy (non-hydrogen) atoms. The molecule has 0 N–H and O–H groups in total. The summed E-state index contributed by atoms with van der Waals surface area (Å²) < 4.78 is 18.4. The Hall–Kier alpha value is -3.92. The Morgan fingerprint density at radius 2 is 1.34 bits per heavy atom. The maximum absolute atomic E-state index is 6.23. The number of nitrogens with zero attached hydrogens (tertiary/aromatic N) is 1. The fourth-order valence-corrected chi connectivity index (χ4v) is 4.48. The van der Waals surface area contributed by atoms with E-state index in [1.165, 1.54) is 5.56 Å². The monoisotopic (exact) mass is 465 g/mol. The molecule has 5 rings (SSSR count). The third-order valence-corrected chi connectivity index (χ3v) is 6.16. The minimum atomic E-state index is 0.163. The number of anilines is 2. The van der Waals surface area contributed by atoms with Gasteiger partial charge in [0.15, 0.2) is 11.5 Å². The van der Waals surface area contributed by atoms with Gasteiger partial charge in [0, 0.05) is 6.42 Å². The Kier molecular flexibility index (Phi) is 7.18. The molecular weight excluding hydrogens is 434 g/mol. The fourth-order valence-electron chi connectivity index (χ4n) is 4.48. The van der Waals surface area contributed by atoms with Crippen molar-refractivity contribution in [3.63, 3.8) is 0 Å². The lowest BCUT2D eigenvalue weighted by atomic mass is 10.0. The van der Waals surface area contributed by atoms with Crippen molar-refractivity contribution in [1.82, 2.24) is 0 Å². The number of para-hydroxylation sites is 5. The van der Waals surface area contributed by atoms with Crippen LogP contribution in [0.15, 0.2) is 103 Å². The van der Waals surface area contributed by atoms with Crippen LogP contribution >= 0.6 is 0 Å². The van der Waals surface area contributed by atoms with E-state index in [0.29, 0.717) is 6.61 Å². The van der Waals surface area contributed by atoms with Gasteiger partial charge in [-0.1, -0.05) is 67.9 Å². The first-order valence-corrected chi connectivity index (χ1v) is 12.4. The van der Waals surface area contributed by atoms with Gasteiger partial charge in [0.05, 0.1) is 17.9 Å². The van der Waals surface area contributed by atoms with Crippen molar-refractivity contribution in [2.75, 3.05) is 18.1 Å². The molecule has 0 saturated heterocycles. The quantitative estimate of drug-likeness (QED) is 0.239. The van der Waals surface area contributed by atoms with Crippen LogP contribution in [0.1, 0.15) is 25.3 Å². The molecule has 4 heteroatoms. The molecule has 0 saturated carbocycles. The maximum Gasteiger partial charge on any atom is 0.151 e. The molecular formula is C31H31NO3. The van der Waals surface area contributed by atoms with E-state index in [1.807, 2.05) is 66.7 Å². The van der Waals surface area contributed by atoms with Gasteiger partial charge in [-0.05, 0) is 60.5 Å². The highest BCUT2D eigenvalue weighted by Gasteiger charge is 2.23. The van der Waals surface area contributed by atoms with Crippen LogP contribution in [0.2, 0.25) is 0 Å². The Balaban J connectivity index is 1.19. The van der Waals surface area contributed by atoms with Crippen LogP contribution in [-0.4, -0.2) is 19.3 Å². The van der Waals surface area contributed by atoms with Gasteiger partial charge in [0.25, 0.3) is 0 Å². The van der Waals surface area contributed by atoms with Crippen molar-refractivity contribution >= 4 is 11.4 Å². The lowest BCUT2D eigenvalue weighted by Gasteiger charge is -2.32. The summed E-state index contributed by atoms with van der Waals surface area (Å²) in [6.07, 6.45) is 3.16. The third kappa shape index (κ3) is 5.60. The summed E-state index contributed by atoms with van der Waals surface area (Å²) in [5, 5.41) is 0. The van der Waals surface area contributed by atoms with E-state index in [9.17, 15) is 0 Å². The molecule has 4 nitrogen and oxygen atoms in total. The Labute approximate surface area is 207 Å². The van der Waals surface area contributed by atoms with E-state index >= 15 is 0 Å².